The minimum atomic E-state index is -0.455. The quantitative estimate of drug-likeness (QED) is 0.333. The predicted molar refractivity (Wildman–Crippen MR) is 128 cm³/mol. The molecule has 0 aliphatic carbocycles. The number of nitrogens with zero attached hydrogens (tertiary/aromatic N) is 2. The lowest BCUT2D eigenvalue weighted by molar-refractivity contribution is -0.121. The Morgan fingerprint density at radius 2 is 1.75 bits per heavy atom. The molecule has 0 saturated heterocycles. The van der Waals surface area contributed by atoms with Crippen molar-refractivity contribution in [2.45, 2.75) is 30.8 Å². The van der Waals surface area contributed by atoms with Crippen molar-refractivity contribution < 1.29 is 9.59 Å². The number of thioether (sulfide) groups is 1. The normalized spacial score (nSPS) is 10.6. The lowest BCUT2D eigenvalue weighted by atomic mass is 10.1. The number of benzene rings is 2. The van der Waals surface area contributed by atoms with Crippen LogP contribution in [-0.2, 0) is 17.1 Å². The molecule has 0 fully saturated rings. The molecule has 2 N–H and O–H groups in total. The number of carbonyl (C=O) groups is 2. The average Bonchev–Trinajstić information content (AvgIpc) is 2.79. The summed E-state index contributed by atoms with van der Waals surface area (Å²) in [6.45, 7) is 2.62. The maximum Gasteiger partial charge on any atom is 0.271 e. The van der Waals surface area contributed by atoms with Gasteiger partial charge in [0.15, 0.2) is 10.9 Å². The third-order valence-corrected chi connectivity index (χ3v) is 6.06. The Morgan fingerprint density at radius 3 is 2.50 bits per heavy atom. The highest BCUT2D eigenvalue weighted by atomic mass is 35.5. The Kier molecular flexibility index (Phi) is 8.90. The first-order valence-electron chi connectivity index (χ1n) is 9.91. The van der Waals surface area contributed by atoms with Crippen molar-refractivity contribution in [1.29, 1.82) is 0 Å². The van der Waals surface area contributed by atoms with Gasteiger partial charge in [-0.3, -0.25) is 9.59 Å². The summed E-state index contributed by atoms with van der Waals surface area (Å²) in [5.74, 6) is -0.0530. The van der Waals surface area contributed by atoms with Crippen LogP contribution in [0.2, 0.25) is 10.0 Å². The maximum absolute atomic E-state index is 12.5. The SMILES string of the molecule is Cc1ccc(CNC(=O)CCNC(=O)c2nc(SCc3ccccc3Cl)ncc2Cl)cc1. The van der Waals surface area contributed by atoms with Crippen LogP contribution >= 0.6 is 35.0 Å². The Hall–Kier alpha value is -2.61. The van der Waals surface area contributed by atoms with E-state index in [1.165, 1.54) is 18.0 Å². The highest BCUT2D eigenvalue weighted by Crippen LogP contribution is 2.25. The summed E-state index contributed by atoms with van der Waals surface area (Å²) >= 11 is 13.6. The molecule has 0 spiro atoms. The van der Waals surface area contributed by atoms with Crippen molar-refractivity contribution in [2.75, 3.05) is 6.54 Å². The minimum Gasteiger partial charge on any atom is -0.352 e. The molecule has 2 aromatic carbocycles. The molecule has 9 heteroatoms. The van der Waals surface area contributed by atoms with E-state index in [1.54, 1.807) is 0 Å². The number of nitrogens with one attached hydrogen (secondary N) is 2. The molecule has 2 amide bonds. The second-order valence-electron chi connectivity index (χ2n) is 7.00. The molecule has 0 aliphatic heterocycles. The second kappa shape index (κ2) is 11.9. The molecule has 1 aromatic heterocycles. The highest BCUT2D eigenvalue weighted by Gasteiger charge is 2.15. The van der Waals surface area contributed by atoms with E-state index >= 15 is 0 Å². The molecule has 0 atom stereocenters. The molecule has 166 valence electrons. The van der Waals surface area contributed by atoms with Gasteiger partial charge in [-0.25, -0.2) is 9.97 Å². The van der Waals surface area contributed by atoms with E-state index in [-0.39, 0.29) is 29.6 Å². The monoisotopic (exact) mass is 488 g/mol. The topological polar surface area (TPSA) is 84.0 Å². The van der Waals surface area contributed by atoms with Crippen LogP contribution in [0.3, 0.4) is 0 Å². The summed E-state index contributed by atoms with van der Waals surface area (Å²) in [6, 6.07) is 15.4. The first-order valence-corrected chi connectivity index (χ1v) is 11.7. The number of aryl methyl sites for hydroxylation is 1. The smallest absolute Gasteiger partial charge is 0.271 e. The van der Waals surface area contributed by atoms with E-state index < -0.39 is 5.91 Å². The van der Waals surface area contributed by atoms with Crippen LogP contribution in [-0.4, -0.2) is 28.3 Å². The summed E-state index contributed by atoms with van der Waals surface area (Å²) in [5.41, 5.74) is 3.20. The van der Waals surface area contributed by atoms with Gasteiger partial charge in [0.05, 0.1) is 11.2 Å². The number of aromatic nitrogens is 2. The van der Waals surface area contributed by atoms with Crippen molar-refractivity contribution in [1.82, 2.24) is 20.6 Å². The Bertz CT molecular complexity index is 1090. The molecule has 3 aromatic rings. The zero-order valence-electron chi connectivity index (χ0n) is 17.4. The van der Waals surface area contributed by atoms with E-state index in [1.807, 2.05) is 55.5 Å². The Morgan fingerprint density at radius 1 is 1.00 bits per heavy atom. The molecule has 0 aliphatic rings. The fraction of sp³-hybridized carbons (Fsp3) is 0.217. The molecule has 32 heavy (non-hydrogen) atoms. The molecule has 0 unspecified atom stereocenters. The number of halogens is 2. The van der Waals surface area contributed by atoms with Crippen LogP contribution in [0.4, 0.5) is 0 Å². The lowest BCUT2D eigenvalue weighted by Gasteiger charge is -2.09. The number of rotatable bonds is 9. The van der Waals surface area contributed by atoms with E-state index in [0.717, 1.165) is 16.7 Å². The van der Waals surface area contributed by atoms with Gasteiger partial charge in [0.25, 0.3) is 5.91 Å². The van der Waals surface area contributed by atoms with Gasteiger partial charge >= 0.3 is 0 Å². The average molecular weight is 489 g/mol. The first-order chi connectivity index (χ1) is 15.4. The van der Waals surface area contributed by atoms with Crippen LogP contribution in [0.5, 0.6) is 0 Å². The van der Waals surface area contributed by atoms with Gasteiger partial charge in [-0.05, 0) is 24.1 Å². The third-order valence-electron chi connectivity index (χ3n) is 4.50. The summed E-state index contributed by atoms with van der Waals surface area (Å²) in [6.07, 6.45) is 1.54. The standard InChI is InChI=1S/C23H22Cl2N4O2S/c1-15-6-8-16(9-7-15)12-27-20(30)10-11-26-22(31)21-19(25)13-28-23(29-21)32-14-17-4-2-3-5-18(17)24/h2-9,13H,10-12,14H2,1H3,(H,26,31)(H,27,30). The second-order valence-corrected chi connectivity index (χ2v) is 8.75. The molecule has 3 rings (SSSR count). The molecular formula is C23H22Cl2N4O2S. The van der Waals surface area contributed by atoms with Gasteiger partial charge in [-0.2, -0.15) is 0 Å². The van der Waals surface area contributed by atoms with E-state index in [9.17, 15) is 9.59 Å². The zero-order valence-corrected chi connectivity index (χ0v) is 19.7. The van der Waals surface area contributed by atoms with Crippen molar-refractivity contribution in [3.8, 4) is 0 Å². The first kappa shape index (κ1) is 24.0. The van der Waals surface area contributed by atoms with Crippen LogP contribution in [0.15, 0.2) is 59.9 Å². The molecule has 6 nitrogen and oxygen atoms in total. The fourth-order valence-corrected chi connectivity index (χ4v) is 3.98. The van der Waals surface area contributed by atoms with Crippen LogP contribution in [0.1, 0.15) is 33.6 Å². The minimum absolute atomic E-state index is 0.0726. The predicted octanol–water partition coefficient (Wildman–Crippen LogP) is 4.82. The van der Waals surface area contributed by atoms with Gasteiger partial charge in [0.2, 0.25) is 5.91 Å². The fourth-order valence-electron chi connectivity index (χ4n) is 2.71. The lowest BCUT2D eigenvalue weighted by Crippen LogP contribution is -2.31. The summed E-state index contributed by atoms with van der Waals surface area (Å²) in [7, 11) is 0. The van der Waals surface area contributed by atoms with E-state index in [4.69, 9.17) is 23.2 Å². The summed E-state index contributed by atoms with van der Waals surface area (Å²) in [4.78, 5) is 33.0. The van der Waals surface area contributed by atoms with Crippen LogP contribution < -0.4 is 10.6 Å². The summed E-state index contributed by atoms with van der Waals surface area (Å²) < 4.78 is 0. The molecule has 1 heterocycles. The van der Waals surface area contributed by atoms with E-state index in [0.29, 0.717) is 22.5 Å². The number of amides is 2. The van der Waals surface area contributed by atoms with E-state index in [2.05, 4.69) is 20.6 Å². The van der Waals surface area contributed by atoms with Crippen molar-refractivity contribution in [3.63, 3.8) is 0 Å². The molecular weight excluding hydrogens is 467 g/mol. The van der Waals surface area contributed by atoms with Crippen molar-refractivity contribution in [2.24, 2.45) is 0 Å². The Labute approximate surface area is 201 Å². The molecule has 0 saturated carbocycles. The highest BCUT2D eigenvalue weighted by molar-refractivity contribution is 7.98. The van der Waals surface area contributed by atoms with Gasteiger partial charge in [0.1, 0.15) is 0 Å². The van der Waals surface area contributed by atoms with Gasteiger partial charge in [-0.15, -0.1) is 0 Å². The van der Waals surface area contributed by atoms with Crippen molar-refractivity contribution in [3.05, 3.63) is 87.2 Å². The molecule has 0 bridgehead atoms. The zero-order chi connectivity index (χ0) is 22.9. The largest absolute Gasteiger partial charge is 0.352 e. The Balaban J connectivity index is 1.47. The van der Waals surface area contributed by atoms with Gasteiger partial charge < -0.3 is 10.6 Å². The summed E-state index contributed by atoms with van der Waals surface area (Å²) in [5, 5.41) is 6.73. The third kappa shape index (κ3) is 7.22. The van der Waals surface area contributed by atoms with Gasteiger partial charge in [-0.1, -0.05) is 83.0 Å². The van der Waals surface area contributed by atoms with Crippen LogP contribution in [0, 0.1) is 6.92 Å². The number of hydrogen-bond acceptors (Lipinski definition) is 5. The van der Waals surface area contributed by atoms with Gasteiger partial charge in [0, 0.05) is 30.3 Å². The maximum atomic E-state index is 12.5. The number of carbonyl (C=O) groups excluding carboxylic acids is 2. The van der Waals surface area contributed by atoms with Crippen molar-refractivity contribution >= 4 is 46.8 Å². The number of hydrogen-bond donors (Lipinski definition) is 2. The van der Waals surface area contributed by atoms with Crippen LogP contribution in [0.25, 0.3) is 0 Å². The molecule has 0 radical (unpaired) electrons.